The maximum Gasteiger partial charge on any atom is 0.00644 e. The van der Waals surface area contributed by atoms with Gasteiger partial charge in [0.15, 0.2) is 0 Å². The Bertz CT molecular complexity index is 597. The Hall–Kier alpha value is -1.82. The molecular formula is C17H16. The van der Waals surface area contributed by atoms with Crippen LogP contribution in [-0.4, -0.2) is 0 Å². The molecule has 84 valence electrons. The second-order valence-electron chi connectivity index (χ2n) is 4.78. The minimum atomic E-state index is 0.533. The molecule has 0 aliphatic heterocycles. The van der Waals surface area contributed by atoms with E-state index in [4.69, 9.17) is 0 Å². The van der Waals surface area contributed by atoms with Crippen LogP contribution in [0.15, 0.2) is 66.3 Å². The van der Waals surface area contributed by atoms with Gasteiger partial charge >= 0.3 is 0 Å². The molecule has 0 spiro atoms. The Morgan fingerprint density at radius 3 is 2.71 bits per heavy atom. The summed E-state index contributed by atoms with van der Waals surface area (Å²) in [5.74, 6) is 0.533. The normalized spacial score (nSPS) is 19.4. The fourth-order valence-electron chi connectivity index (χ4n) is 2.62. The van der Waals surface area contributed by atoms with Crippen molar-refractivity contribution in [2.24, 2.45) is 0 Å². The lowest BCUT2D eigenvalue weighted by Crippen LogP contribution is -2.00. The average Bonchev–Trinajstić information content (AvgIpc) is 2.38. The monoisotopic (exact) mass is 220 g/mol. The SMILES string of the molecule is CC1=CC=CC(c2cccc3ccccc23)C1. The van der Waals surface area contributed by atoms with Gasteiger partial charge in [0.25, 0.3) is 0 Å². The molecule has 0 N–H and O–H groups in total. The minimum absolute atomic E-state index is 0.533. The third-order valence-corrected chi connectivity index (χ3v) is 3.49. The van der Waals surface area contributed by atoms with Crippen LogP contribution in [0, 0.1) is 0 Å². The molecule has 0 bridgehead atoms. The number of allylic oxidation sites excluding steroid dienone is 4. The highest BCUT2D eigenvalue weighted by Gasteiger charge is 2.13. The molecule has 17 heavy (non-hydrogen) atoms. The molecule has 2 aromatic carbocycles. The summed E-state index contributed by atoms with van der Waals surface area (Å²) in [5.41, 5.74) is 2.91. The van der Waals surface area contributed by atoms with E-state index in [2.05, 4.69) is 67.6 Å². The van der Waals surface area contributed by atoms with Crippen molar-refractivity contribution in [3.05, 3.63) is 71.8 Å². The van der Waals surface area contributed by atoms with Crippen molar-refractivity contribution in [2.75, 3.05) is 0 Å². The zero-order chi connectivity index (χ0) is 11.7. The van der Waals surface area contributed by atoms with E-state index >= 15 is 0 Å². The van der Waals surface area contributed by atoms with Crippen LogP contribution >= 0.6 is 0 Å². The van der Waals surface area contributed by atoms with Crippen LogP contribution in [0.3, 0.4) is 0 Å². The van der Waals surface area contributed by atoms with Crippen LogP contribution in [0.5, 0.6) is 0 Å². The summed E-state index contributed by atoms with van der Waals surface area (Å²) in [5, 5.41) is 2.73. The fourth-order valence-corrected chi connectivity index (χ4v) is 2.62. The Morgan fingerprint density at radius 1 is 1.00 bits per heavy atom. The van der Waals surface area contributed by atoms with Crippen LogP contribution in [0.1, 0.15) is 24.8 Å². The van der Waals surface area contributed by atoms with Gasteiger partial charge in [0.2, 0.25) is 0 Å². The lowest BCUT2D eigenvalue weighted by molar-refractivity contribution is 0.820. The quantitative estimate of drug-likeness (QED) is 0.645. The van der Waals surface area contributed by atoms with Gasteiger partial charge in [-0.1, -0.05) is 66.3 Å². The van der Waals surface area contributed by atoms with Gasteiger partial charge in [-0.3, -0.25) is 0 Å². The number of benzene rings is 2. The summed E-state index contributed by atoms with van der Waals surface area (Å²) in [6.07, 6.45) is 7.85. The standard InChI is InChI=1S/C17H16/c1-13-6-4-9-15(12-13)17-11-5-8-14-7-2-3-10-16(14)17/h2-11,15H,12H2,1H3. The third kappa shape index (κ3) is 1.91. The molecule has 0 radical (unpaired) electrons. The van der Waals surface area contributed by atoms with E-state index in [0.29, 0.717) is 5.92 Å². The van der Waals surface area contributed by atoms with E-state index in [-0.39, 0.29) is 0 Å². The average molecular weight is 220 g/mol. The van der Waals surface area contributed by atoms with Gasteiger partial charge in [0, 0.05) is 5.92 Å². The van der Waals surface area contributed by atoms with E-state index in [1.807, 2.05) is 0 Å². The van der Waals surface area contributed by atoms with Crippen LogP contribution in [0.2, 0.25) is 0 Å². The van der Waals surface area contributed by atoms with Crippen molar-refractivity contribution in [1.29, 1.82) is 0 Å². The highest BCUT2D eigenvalue weighted by molar-refractivity contribution is 5.86. The molecule has 0 heterocycles. The van der Waals surface area contributed by atoms with Gasteiger partial charge < -0.3 is 0 Å². The van der Waals surface area contributed by atoms with Crippen molar-refractivity contribution in [3.63, 3.8) is 0 Å². The molecule has 1 aliphatic rings. The van der Waals surface area contributed by atoms with E-state index in [1.165, 1.54) is 21.9 Å². The Kier molecular flexibility index (Phi) is 2.56. The molecule has 1 atom stereocenters. The van der Waals surface area contributed by atoms with Crippen molar-refractivity contribution >= 4 is 10.8 Å². The molecule has 3 rings (SSSR count). The predicted octanol–water partition coefficient (Wildman–Crippen LogP) is 4.83. The first-order valence-electron chi connectivity index (χ1n) is 6.16. The minimum Gasteiger partial charge on any atom is -0.0767 e. The lowest BCUT2D eigenvalue weighted by atomic mass is 9.86. The van der Waals surface area contributed by atoms with Crippen molar-refractivity contribution in [2.45, 2.75) is 19.3 Å². The molecular weight excluding hydrogens is 204 g/mol. The summed E-state index contributed by atoms with van der Waals surface area (Å²) in [6.45, 7) is 2.21. The molecule has 1 unspecified atom stereocenters. The molecule has 2 aromatic rings. The Labute approximate surface area is 102 Å². The molecule has 0 heteroatoms. The first-order valence-corrected chi connectivity index (χ1v) is 6.16. The Morgan fingerprint density at radius 2 is 1.82 bits per heavy atom. The highest BCUT2D eigenvalue weighted by Crippen LogP contribution is 2.32. The second-order valence-corrected chi connectivity index (χ2v) is 4.78. The van der Waals surface area contributed by atoms with Gasteiger partial charge in [0.1, 0.15) is 0 Å². The number of rotatable bonds is 1. The fraction of sp³-hybridized carbons (Fsp3) is 0.176. The zero-order valence-corrected chi connectivity index (χ0v) is 10.1. The first kappa shape index (κ1) is 10.3. The molecule has 0 fully saturated rings. The smallest absolute Gasteiger partial charge is 0.00644 e. The molecule has 0 nitrogen and oxygen atoms in total. The van der Waals surface area contributed by atoms with E-state index < -0.39 is 0 Å². The van der Waals surface area contributed by atoms with Gasteiger partial charge in [0.05, 0.1) is 0 Å². The highest BCUT2D eigenvalue weighted by atomic mass is 14.2. The zero-order valence-electron chi connectivity index (χ0n) is 10.1. The van der Waals surface area contributed by atoms with E-state index in [1.54, 1.807) is 0 Å². The largest absolute Gasteiger partial charge is 0.0767 e. The van der Waals surface area contributed by atoms with Gasteiger partial charge in [-0.2, -0.15) is 0 Å². The van der Waals surface area contributed by atoms with Gasteiger partial charge in [-0.15, -0.1) is 0 Å². The van der Waals surface area contributed by atoms with Crippen LogP contribution in [0.4, 0.5) is 0 Å². The summed E-state index contributed by atoms with van der Waals surface area (Å²) in [7, 11) is 0. The summed E-state index contributed by atoms with van der Waals surface area (Å²) in [6, 6.07) is 15.3. The Balaban J connectivity index is 2.12. The molecule has 0 amide bonds. The second kappa shape index (κ2) is 4.21. The van der Waals surface area contributed by atoms with E-state index in [9.17, 15) is 0 Å². The van der Waals surface area contributed by atoms with Gasteiger partial charge in [-0.25, -0.2) is 0 Å². The van der Waals surface area contributed by atoms with Crippen molar-refractivity contribution < 1.29 is 0 Å². The van der Waals surface area contributed by atoms with Gasteiger partial charge in [-0.05, 0) is 29.7 Å². The predicted molar refractivity (Wildman–Crippen MR) is 74.2 cm³/mol. The lowest BCUT2D eigenvalue weighted by Gasteiger charge is -2.18. The molecule has 0 aromatic heterocycles. The van der Waals surface area contributed by atoms with Crippen LogP contribution in [-0.2, 0) is 0 Å². The summed E-state index contributed by atoms with van der Waals surface area (Å²) >= 11 is 0. The number of hydrogen-bond acceptors (Lipinski definition) is 0. The maximum atomic E-state index is 2.31. The van der Waals surface area contributed by atoms with Crippen molar-refractivity contribution in [3.8, 4) is 0 Å². The third-order valence-electron chi connectivity index (χ3n) is 3.49. The topological polar surface area (TPSA) is 0 Å². The van der Waals surface area contributed by atoms with Crippen molar-refractivity contribution in [1.82, 2.24) is 0 Å². The van der Waals surface area contributed by atoms with E-state index in [0.717, 1.165) is 6.42 Å². The maximum absolute atomic E-state index is 2.31. The molecule has 0 saturated carbocycles. The molecule has 1 aliphatic carbocycles. The summed E-state index contributed by atoms with van der Waals surface area (Å²) in [4.78, 5) is 0. The molecule has 0 saturated heterocycles. The summed E-state index contributed by atoms with van der Waals surface area (Å²) < 4.78 is 0. The number of fused-ring (bicyclic) bond motifs is 1. The van der Waals surface area contributed by atoms with Crippen LogP contribution in [0.25, 0.3) is 10.8 Å². The van der Waals surface area contributed by atoms with Crippen LogP contribution < -0.4 is 0 Å². The number of hydrogen-bond donors (Lipinski definition) is 0. The first-order chi connectivity index (χ1) is 8.34.